The molecule has 5 nitrogen and oxygen atoms in total. The maximum Gasteiger partial charge on any atom is 0.471 e. The standard InChI is InChI=1S/C6H8F3NO4/c1-2(11)3(4(12)13)10-5(14)6(7,8)9/h2-3,11H,1H3,(H,10,14)(H,12,13)/t2-,3+/m0/s1. The molecule has 0 aromatic rings. The van der Waals surface area contributed by atoms with E-state index in [2.05, 4.69) is 0 Å². The second-order valence-corrected chi connectivity index (χ2v) is 2.53. The topological polar surface area (TPSA) is 86.6 Å². The third-order valence-corrected chi connectivity index (χ3v) is 1.29. The lowest BCUT2D eigenvalue weighted by atomic mass is 10.2. The number of aliphatic hydroxyl groups excluding tert-OH is 1. The molecule has 0 aliphatic heterocycles. The van der Waals surface area contributed by atoms with Crippen molar-refractivity contribution in [2.45, 2.75) is 25.2 Å². The highest BCUT2D eigenvalue weighted by atomic mass is 19.4. The maximum absolute atomic E-state index is 11.6. The third kappa shape index (κ3) is 3.60. The van der Waals surface area contributed by atoms with Crippen LogP contribution in [0.4, 0.5) is 13.2 Å². The van der Waals surface area contributed by atoms with Gasteiger partial charge >= 0.3 is 18.1 Å². The number of aliphatic hydroxyl groups is 1. The summed E-state index contributed by atoms with van der Waals surface area (Å²) in [5.74, 6) is -4.14. The first-order chi connectivity index (χ1) is 6.16. The zero-order chi connectivity index (χ0) is 11.5. The molecule has 1 amide bonds. The molecule has 0 aliphatic rings. The Labute approximate surface area is 76.5 Å². The largest absolute Gasteiger partial charge is 0.480 e. The Morgan fingerprint density at radius 1 is 1.36 bits per heavy atom. The molecule has 0 fully saturated rings. The summed E-state index contributed by atoms with van der Waals surface area (Å²) in [5, 5.41) is 18.2. The molecule has 0 unspecified atom stereocenters. The van der Waals surface area contributed by atoms with Crippen LogP contribution in [-0.2, 0) is 9.59 Å². The zero-order valence-electron chi connectivity index (χ0n) is 7.00. The summed E-state index contributed by atoms with van der Waals surface area (Å²) < 4.78 is 34.9. The van der Waals surface area contributed by atoms with Gasteiger partial charge in [-0.3, -0.25) is 4.79 Å². The van der Waals surface area contributed by atoms with Crippen molar-refractivity contribution in [3.05, 3.63) is 0 Å². The number of carbonyl (C=O) groups is 2. The van der Waals surface area contributed by atoms with Crippen molar-refractivity contribution in [3.8, 4) is 0 Å². The minimum absolute atomic E-state index is 0.954. The number of amides is 1. The minimum atomic E-state index is -5.16. The highest BCUT2D eigenvalue weighted by molar-refractivity contribution is 5.87. The second-order valence-electron chi connectivity index (χ2n) is 2.53. The van der Waals surface area contributed by atoms with E-state index in [1.807, 2.05) is 0 Å². The lowest BCUT2D eigenvalue weighted by Gasteiger charge is -2.17. The van der Waals surface area contributed by atoms with Crippen LogP contribution in [-0.4, -0.2) is 40.4 Å². The van der Waals surface area contributed by atoms with Crippen LogP contribution in [0.2, 0.25) is 0 Å². The molecule has 0 aromatic carbocycles. The fraction of sp³-hybridized carbons (Fsp3) is 0.667. The fourth-order valence-corrected chi connectivity index (χ4v) is 0.612. The van der Waals surface area contributed by atoms with Crippen molar-refractivity contribution in [1.29, 1.82) is 0 Å². The summed E-state index contributed by atoms with van der Waals surface area (Å²) in [6.07, 6.45) is -6.78. The molecule has 14 heavy (non-hydrogen) atoms. The molecule has 0 radical (unpaired) electrons. The Kier molecular flexibility index (Phi) is 3.87. The van der Waals surface area contributed by atoms with Crippen molar-refractivity contribution < 1.29 is 33.0 Å². The van der Waals surface area contributed by atoms with Crippen molar-refractivity contribution in [2.75, 3.05) is 0 Å². The Morgan fingerprint density at radius 3 is 2.00 bits per heavy atom. The van der Waals surface area contributed by atoms with E-state index in [1.165, 1.54) is 0 Å². The summed E-state index contributed by atoms with van der Waals surface area (Å²) in [6, 6.07) is -1.97. The molecule has 82 valence electrons. The van der Waals surface area contributed by atoms with Crippen LogP contribution >= 0.6 is 0 Å². The molecule has 0 heterocycles. The number of halogens is 3. The van der Waals surface area contributed by atoms with E-state index in [-0.39, 0.29) is 0 Å². The molecule has 2 atom stereocenters. The summed E-state index contributed by atoms with van der Waals surface area (Å²) in [4.78, 5) is 20.5. The van der Waals surface area contributed by atoms with E-state index >= 15 is 0 Å². The lowest BCUT2D eigenvalue weighted by molar-refractivity contribution is -0.176. The van der Waals surface area contributed by atoms with Crippen molar-refractivity contribution >= 4 is 11.9 Å². The predicted molar refractivity (Wildman–Crippen MR) is 37.3 cm³/mol. The number of aliphatic carboxylic acids is 1. The number of carboxylic acid groups (broad SMARTS) is 1. The molecule has 0 aliphatic carbocycles. The van der Waals surface area contributed by atoms with Gasteiger partial charge in [0.15, 0.2) is 6.04 Å². The molecule has 3 N–H and O–H groups in total. The fourth-order valence-electron chi connectivity index (χ4n) is 0.612. The van der Waals surface area contributed by atoms with Crippen LogP contribution in [0.3, 0.4) is 0 Å². The summed E-state index contributed by atoms with van der Waals surface area (Å²) >= 11 is 0. The van der Waals surface area contributed by atoms with Gasteiger partial charge in [0.1, 0.15) is 0 Å². The van der Waals surface area contributed by atoms with Gasteiger partial charge in [-0.2, -0.15) is 13.2 Å². The number of hydrogen-bond acceptors (Lipinski definition) is 3. The molecule has 8 heteroatoms. The predicted octanol–water partition coefficient (Wildman–Crippen LogP) is -0.501. The van der Waals surface area contributed by atoms with Gasteiger partial charge in [-0.15, -0.1) is 0 Å². The Hall–Kier alpha value is -1.31. The quantitative estimate of drug-likeness (QED) is 0.592. The smallest absolute Gasteiger partial charge is 0.471 e. The van der Waals surface area contributed by atoms with Gasteiger partial charge < -0.3 is 15.5 Å². The average molecular weight is 215 g/mol. The first-order valence-electron chi connectivity index (χ1n) is 3.45. The number of rotatable bonds is 3. The van der Waals surface area contributed by atoms with E-state index < -0.39 is 30.2 Å². The van der Waals surface area contributed by atoms with E-state index in [1.54, 1.807) is 0 Å². The molecular formula is C6H8F3NO4. The third-order valence-electron chi connectivity index (χ3n) is 1.29. The van der Waals surface area contributed by atoms with Crippen LogP contribution in [0, 0.1) is 0 Å². The van der Waals surface area contributed by atoms with Crippen LogP contribution in [0.5, 0.6) is 0 Å². The molecule has 0 saturated heterocycles. The minimum Gasteiger partial charge on any atom is -0.480 e. The van der Waals surface area contributed by atoms with Crippen LogP contribution in [0.25, 0.3) is 0 Å². The van der Waals surface area contributed by atoms with E-state index in [9.17, 15) is 22.8 Å². The molecule has 0 bridgehead atoms. The Bertz CT molecular complexity index is 238. The van der Waals surface area contributed by atoms with Gasteiger partial charge in [0, 0.05) is 0 Å². The first-order valence-corrected chi connectivity index (χ1v) is 3.45. The second kappa shape index (κ2) is 4.27. The van der Waals surface area contributed by atoms with E-state index in [0.29, 0.717) is 0 Å². The maximum atomic E-state index is 11.6. The number of hydrogen-bond donors (Lipinski definition) is 3. The van der Waals surface area contributed by atoms with Crippen LogP contribution in [0.15, 0.2) is 0 Å². The number of alkyl halides is 3. The number of carbonyl (C=O) groups excluding carboxylic acids is 1. The monoisotopic (exact) mass is 215 g/mol. The summed E-state index contributed by atoms with van der Waals surface area (Å²) in [7, 11) is 0. The first kappa shape index (κ1) is 12.7. The average Bonchev–Trinajstić information content (AvgIpc) is 1.96. The van der Waals surface area contributed by atoms with Crippen LogP contribution in [0.1, 0.15) is 6.92 Å². The Morgan fingerprint density at radius 2 is 1.79 bits per heavy atom. The van der Waals surface area contributed by atoms with Crippen molar-refractivity contribution in [1.82, 2.24) is 5.32 Å². The van der Waals surface area contributed by atoms with Crippen molar-refractivity contribution in [3.63, 3.8) is 0 Å². The van der Waals surface area contributed by atoms with Crippen LogP contribution < -0.4 is 5.32 Å². The van der Waals surface area contributed by atoms with Gasteiger partial charge in [-0.25, -0.2) is 4.79 Å². The highest BCUT2D eigenvalue weighted by Gasteiger charge is 2.41. The summed E-state index contributed by atoms with van der Waals surface area (Å²) in [6.45, 7) is 0.954. The van der Waals surface area contributed by atoms with E-state index in [4.69, 9.17) is 10.2 Å². The zero-order valence-corrected chi connectivity index (χ0v) is 7.00. The normalized spacial score (nSPS) is 15.8. The molecule has 0 rings (SSSR count). The summed E-state index contributed by atoms with van der Waals surface area (Å²) in [5.41, 5.74) is 0. The molecular weight excluding hydrogens is 207 g/mol. The Balaban J connectivity index is 4.48. The number of nitrogens with one attached hydrogen (secondary N) is 1. The molecule has 0 saturated carbocycles. The van der Waals surface area contributed by atoms with Gasteiger partial charge in [0.2, 0.25) is 0 Å². The SMILES string of the molecule is C[C@H](O)[C@@H](NC(=O)C(F)(F)F)C(=O)O. The van der Waals surface area contributed by atoms with Gasteiger partial charge in [-0.1, -0.05) is 0 Å². The molecule has 0 aromatic heterocycles. The lowest BCUT2D eigenvalue weighted by Crippen LogP contribution is -2.51. The van der Waals surface area contributed by atoms with Gasteiger partial charge in [0.05, 0.1) is 6.10 Å². The molecule has 0 spiro atoms. The highest BCUT2D eigenvalue weighted by Crippen LogP contribution is 2.14. The van der Waals surface area contributed by atoms with Crippen molar-refractivity contribution in [2.24, 2.45) is 0 Å². The van der Waals surface area contributed by atoms with Gasteiger partial charge in [-0.05, 0) is 6.92 Å². The number of carboxylic acids is 1. The van der Waals surface area contributed by atoms with E-state index in [0.717, 1.165) is 12.2 Å². The van der Waals surface area contributed by atoms with Gasteiger partial charge in [0.25, 0.3) is 0 Å².